The molecule has 2 aromatic carbocycles. The number of hydrogen-bond donors (Lipinski definition) is 2. The lowest BCUT2D eigenvalue weighted by atomic mass is 10.1. The van der Waals surface area contributed by atoms with Crippen molar-refractivity contribution in [1.82, 2.24) is 0 Å². The molecule has 0 saturated carbocycles. The van der Waals surface area contributed by atoms with E-state index in [1.807, 2.05) is 0 Å². The van der Waals surface area contributed by atoms with Crippen LogP contribution in [-0.2, 0) is 0 Å². The van der Waals surface area contributed by atoms with E-state index in [0.29, 0.717) is 5.56 Å². The van der Waals surface area contributed by atoms with Crippen LogP contribution in [0.15, 0.2) is 53.5 Å². The van der Waals surface area contributed by atoms with Gasteiger partial charge in [-0.2, -0.15) is 0 Å². The molecule has 20 heavy (non-hydrogen) atoms. The van der Waals surface area contributed by atoms with Crippen LogP contribution in [0.3, 0.4) is 0 Å². The molecule has 0 aromatic heterocycles. The van der Waals surface area contributed by atoms with Gasteiger partial charge in [-0.25, -0.2) is 9.59 Å². The summed E-state index contributed by atoms with van der Waals surface area (Å²) in [5.74, 6) is -2.14. The molecule has 0 heterocycles. The molecule has 2 aromatic rings. The predicted octanol–water partition coefficient (Wildman–Crippen LogP) is 2.83. The summed E-state index contributed by atoms with van der Waals surface area (Å²) in [6, 6.07) is 12.7. The van der Waals surface area contributed by atoms with Gasteiger partial charge < -0.3 is 10.2 Å². The number of aliphatic imine (C=N–C) groups is 1. The van der Waals surface area contributed by atoms with E-state index in [0.717, 1.165) is 0 Å². The largest absolute Gasteiger partial charge is 0.478 e. The molecule has 100 valence electrons. The Morgan fingerprint density at radius 1 is 0.850 bits per heavy atom. The van der Waals surface area contributed by atoms with Gasteiger partial charge in [0.25, 0.3) is 0 Å². The van der Waals surface area contributed by atoms with Crippen molar-refractivity contribution in [3.8, 4) is 0 Å². The first-order valence-corrected chi connectivity index (χ1v) is 5.78. The molecular weight excluding hydrogens is 258 g/mol. The van der Waals surface area contributed by atoms with Crippen molar-refractivity contribution in [2.75, 3.05) is 0 Å². The van der Waals surface area contributed by atoms with Crippen molar-refractivity contribution in [3.05, 3.63) is 65.2 Å². The molecule has 0 aliphatic rings. The number of nitrogens with zero attached hydrogens (tertiary/aromatic N) is 1. The first-order chi connectivity index (χ1) is 9.59. The molecule has 0 saturated heterocycles. The Balaban J connectivity index is 2.40. The molecule has 0 spiro atoms. The molecule has 0 radical (unpaired) electrons. The summed E-state index contributed by atoms with van der Waals surface area (Å²) in [7, 11) is 0. The van der Waals surface area contributed by atoms with Gasteiger partial charge in [0.2, 0.25) is 0 Å². The monoisotopic (exact) mass is 269 g/mol. The van der Waals surface area contributed by atoms with Crippen LogP contribution in [-0.4, -0.2) is 28.4 Å². The second-order valence-corrected chi connectivity index (χ2v) is 3.97. The minimum Gasteiger partial charge on any atom is -0.478 e. The van der Waals surface area contributed by atoms with Gasteiger partial charge in [0, 0.05) is 11.8 Å². The number of carbonyl (C=O) groups is 2. The quantitative estimate of drug-likeness (QED) is 0.835. The Morgan fingerprint density at radius 2 is 1.40 bits per heavy atom. The summed E-state index contributed by atoms with van der Waals surface area (Å²) in [6.45, 7) is 0. The van der Waals surface area contributed by atoms with Crippen LogP contribution in [0.25, 0.3) is 0 Å². The maximum absolute atomic E-state index is 11.1. The molecule has 5 nitrogen and oxygen atoms in total. The van der Waals surface area contributed by atoms with Crippen molar-refractivity contribution < 1.29 is 19.8 Å². The van der Waals surface area contributed by atoms with Crippen LogP contribution in [0, 0.1) is 0 Å². The van der Waals surface area contributed by atoms with E-state index in [9.17, 15) is 9.59 Å². The van der Waals surface area contributed by atoms with Crippen LogP contribution >= 0.6 is 0 Å². The Bertz CT molecular complexity index is 632. The van der Waals surface area contributed by atoms with Gasteiger partial charge in [0.15, 0.2) is 0 Å². The van der Waals surface area contributed by atoms with E-state index in [2.05, 4.69) is 4.99 Å². The summed E-state index contributed by atoms with van der Waals surface area (Å²) >= 11 is 0. The summed E-state index contributed by atoms with van der Waals surface area (Å²) in [5, 5.41) is 18.1. The maximum Gasteiger partial charge on any atom is 0.337 e. The van der Waals surface area contributed by atoms with Crippen LogP contribution < -0.4 is 0 Å². The summed E-state index contributed by atoms with van der Waals surface area (Å²) in [6.07, 6.45) is 1.35. The normalized spacial score (nSPS) is 10.6. The highest BCUT2D eigenvalue weighted by Crippen LogP contribution is 2.19. The number of rotatable bonds is 4. The van der Waals surface area contributed by atoms with Gasteiger partial charge in [-0.1, -0.05) is 30.3 Å². The van der Waals surface area contributed by atoms with Gasteiger partial charge in [0.1, 0.15) is 0 Å². The van der Waals surface area contributed by atoms with Gasteiger partial charge in [-0.15, -0.1) is 0 Å². The van der Waals surface area contributed by atoms with Crippen molar-refractivity contribution in [1.29, 1.82) is 0 Å². The standard InChI is InChI=1S/C15H11NO4/c17-14(18)11-6-2-1-5-10(11)9-16-13-8-4-3-7-12(13)15(19)20/h1-9H,(H,17,18)(H,19,20). The van der Waals surface area contributed by atoms with E-state index in [4.69, 9.17) is 10.2 Å². The molecule has 0 amide bonds. The van der Waals surface area contributed by atoms with Crippen LogP contribution in [0.4, 0.5) is 5.69 Å². The van der Waals surface area contributed by atoms with Crippen LogP contribution in [0.1, 0.15) is 26.3 Å². The minimum atomic E-state index is -1.08. The fourth-order valence-electron chi connectivity index (χ4n) is 1.71. The second-order valence-electron chi connectivity index (χ2n) is 3.97. The Hall–Kier alpha value is -2.95. The SMILES string of the molecule is O=C(O)c1ccccc1C=Nc1ccccc1C(=O)O. The third kappa shape index (κ3) is 2.89. The first kappa shape index (κ1) is 13.5. The number of carboxylic acids is 2. The van der Waals surface area contributed by atoms with E-state index >= 15 is 0 Å². The number of aromatic carboxylic acids is 2. The summed E-state index contributed by atoms with van der Waals surface area (Å²) in [5.41, 5.74) is 0.876. The van der Waals surface area contributed by atoms with Crippen LogP contribution in [0.5, 0.6) is 0 Å². The molecule has 2 rings (SSSR count). The zero-order valence-electron chi connectivity index (χ0n) is 10.4. The van der Waals surface area contributed by atoms with Gasteiger partial charge in [0.05, 0.1) is 16.8 Å². The van der Waals surface area contributed by atoms with Gasteiger partial charge in [-0.05, 0) is 18.2 Å². The average Bonchev–Trinajstić information content (AvgIpc) is 2.45. The molecule has 0 unspecified atom stereocenters. The average molecular weight is 269 g/mol. The van der Waals surface area contributed by atoms with E-state index in [1.54, 1.807) is 36.4 Å². The fourth-order valence-corrected chi connectivity index (χ4v) is 1.71. The number of carboxylic acid groups (broad SMARTS) is 2. The number of hydrogen-bond acceptors (Lipinski definition) is 3. The Morgan fingerprint density at radius 3 is 2.05 bits per heavy atom. The molecule has 0 atom stereocenters. The van der Waals surface area contributed by atoms with Crippen molar-refractivity contribution in [3.63, 3.8) is 0 Å². The molecule has 0 aliphatic carbocycles. The number of para-hydroxylation sites is 1. The van der Waals surface area contributed by atoms with Gasteiger partial charge >= 0.3 is 11.9 Å². The lowest BCUT2D eigenvalue weighted by Gasteiger charge is -2.01. The molecule has 0 aliphatic heterocycles. The third-order valence-corrected chi connectivity index (χ3v) is 2.67. The molecule has 2 N–H and O–H groups in total. The zero-order chi connectivity index (χ0) is 14.5. The Labute approximate surface area is 114 Å². The van der Waals surface area contributed by atoms with Crippen molar-refractivity contribution >= 4 is 23.8 Å². The lowest BCUT2D eigenvalue weighted by molar-refractivity contribution is 0.0686. The van der Waals surface area contributed by atoms with E-state index in [1.165, 1.54) is 18.3 Å². The lowest BCUT2D eigenvalue weighted by Crippen LogP contribution is -2.01. The summed E-state index contributed by atoms with van der Waals surface area (Å²) in [4.78, 5) is 26.2. The first-order valence-electron chi connectivity index (χ1n) is 5.78. The second kappa shape index (κ2) is 5.79. The molecule has 0 fully saturated rings. The topological polar surface area (TPSA) is 87.0 Å². The Kier molecular flexibility index (Phi) is 3.91. The van der Waals surface area contributed by atoms with Gasteiger partial charge in [-0.3, -0.25) is 4.99 Å². The van der Waals surface area contributed by atoms with E-state index in [-0.39, 0.29) is 16.8 Å². The smallest absolute Gasteiger partial charge is 0.337 e. The van der Waals surface area contributed by atoms with E-state index < -0.39 is 11.9 Å². The zero-order valence-corrected chi connectivity index (χ0v) is 10.4. The highest BCUT2D eigenvalue weighted by molar-refractivity contribution is 6.00. The third-order valence-electron chi connectivity index (χ3n) is 2.67. The van der Waals surface area contributed by atoms with Crippen LogP contribution in [0.2, 0.25) is 0 Å². The van der Waals surface area contributed by atoms with Crippen molar-refractivity contribution in [2.45, 2.75) is 0 Å². The number of benzene rings is 2. The predicted molar refractivity (Wildman–Crippen MR) is 74.1 cm³/mol. The molecule has 5 heteroatoms. The van der Waals surface area contributed by atoms with Crippen molar-refractivity contribution in [2.24, 2.45) is 4.99 Å². The molecule has 0 bridgehead atoms. The molecular formula is C15H11NO4. The maximum atomic E-state index is 11.1. The summed E-state index contributed by atoms with van der Waals surface area (Å²) < 4.78 is 0. The highest BCUT2D eigenvalue weighted by Gasteiger charge is 2.09. The minimum absolute atomic E-state index is 0.0663. The fraction of sp³-hybridized carbons (Fsp3) is 0. The highest BCUT2D eigenvalue weighted by atomic mass is 16.4.